The topological polar surface area (TPSA) is 55.4 Å². The summed E-state index contributed by atoms with van der Waals surface area (Å²) in [5.74, 6) is -0.725. The van der Waals surface area contributed by atoms with Crippen molar-refractivity contribution in [3.63, 3.8) is 0 Å². The van der Waals surface area contributed by atoms with Crippen LogP contribution >= 0.6 is 11.3 Å². The lowest BCUT2D eigenvalue weighted by Gasteiger charge is -2.08. The molecule has 1 aromatic heterocycles. The summed E-state index contributed by atoms with van der Waals surface area (Å²) in [7, 11) is 1.34. The van der Waals surface area contributed by atoms with Crippen LogP contribution in [0.5, 0.6) is 0 Å². The molecule has 0 radical (unpaired) electrons. The Balaban J connectivity index is 1.98. The number of anilines is 1. The van der Waals surface area contributed by atoms with Crippen molar-refractivity contribution in [2.24, 2.45) is 0 Å². The molecule has 1 N–H and O–H groups in total. The van der Waals surface area contributed by atoms with Crippen LogP contribution in [0.1, 0.15) is 31.8 Å². The number of rotatable bonds is 4. The maximum atomic E-state index is 12.6. The molecule has 0 unspecified atom stereocenters. The highest BCUT2D eigenvalue weighted by Gasteiger charge is 2.22. The fourth-order valence-corrected chi connectivity index (χ4v) is 3.61. The van der Waals surface area contributed by atoms with E-state index < -0.39 is 5.97 Å². The molecule has 26 heavy (non-hydrogen) atoms. The number of benzene rings is 2. The zero-order valence-corrected chi connectivity index (χ0v) is 15.6. The van der Waals surface area contributed by atoms with E-state index in [1.165, 1.54) is 18.4 Å². The SMILES string of the molecule is COC(=O)c1c(-c2ccc(C)cc2)csc1NC(=O)c1cccc(C)c1. The summed E-state index contributed by atoms with van der Waals surface area (Å²) >= 11 is 1.31. The molecule has 0 saturated carbocycles. The van der Waals surface area contributed by atoms with E-state index >= 15 is 0 Å². The molecular formula is C21H19NO3S. The zero-order valence-electron chi connectivity index (χ0n) is 14.8. The van der Waals surface area contributed by atoms with Gasteiger partial charge in [0.1, 0.15) is 10.6 Å². The Morgan fingerprint density at radius 3 is 2.38 bits per heavy atom. The molecule has 3 aromatic rings. The molecule has 0 saturated heterocycles. The number of esters is 1. The van der Waals surface area contributed by atoms with E-state index in [0.29, 0.717) is 16.1 Å². The van der Waals surface area contributed by atoms with E-state index in [1.807, 2.05) is 61.7 Å². The number of carbonyl (C=O) groups excluding carboxylic acids is 2. The molecule has 0 atom stereocenters. The predicted molar refractivity (Wildman–Crippen MR) is 105 cm³/mol. The highest BCUT2D eigenvalue weighted by Crippen LogP contribution is 2.36. The molecule has 0 fully saturated rings. The van der Waals surface area contributed by atoms with Crippen molar-refractivity contribution in [2.75, 3.05) is 12.4 Å². The van der Waals surface area contributed by atoms with Crippen molar-refractivity contribution in [2.45, 2.75) is 13.8 Å². The minimum absolute atomic E-state index is 0.254. The van der Waals surface area contributed by atoms with Crippen LogP contribution in [0.3, 0.4) is 0 Å². The molecule has 1 amide bonds. The highest BCUT2D eigenvalue weighted by molar-refractivity contribution is 7.15. The van der Waals surface area contributed by atoms with Crippen molar-refractivity contribution >= 4 is 28.2 Å². The van der Waals surface area contributed by atoms with Gasteiger partial charge < -0.3 is 10.1 Å². The quantitative estimate of drug-likeness (QED) is 0.657. The average molecular weight is 365 g/mol. The molecule has 2 aromatic carbocycles. The fourth-order valence-electron chi connectivity index (χ4n) is 2.66. The highest BCUT2D eigenvalue weighted by atomic mass is 32.1. The Kier molecular flexibility index (Phi) is 5.19. The van der Waals surface area contributed by atoms with Gasteiger partial charge in [0, 0.05) is 16.5 Å². The van der Waals surface area contributed by atoms with Gasteiger partial charge in [-0.05, 0) is 31.5 Å². The molecule has 0 aliphatic rings. The molecule has 132 valence electrons. The van der Waals surface area contributed by atoms with Crippen molar-refractivity contribution in [3.05, 3.63) is 76.2 Å². The van der Waals surface area contributed by atoms with Crippen LogP contribution in [0.2, 0.25) is 0 Å². The summed E-state index contributed by atoms with van der Waals surface area (Å²) in [4.78, 5) is 24.9. The van der Waals surface area contributed by atoms with Gasteiger partial charge in [-0.2, -0.15) is 0 Å². The first-order valence-corrected chi connectivity index (χ1v) is 9.02. The fraction of sp³-hybridized carbons (Fsp3) is 0.143. The zero-order chi connectivity index (χ0) is 18.7. The Morgan fingerprint density at radius 1 is 1.00 bits per heavy atom. The maximum Gasteiger partial charge on any atom is 0.341 e. The number of hydrogen-bond acceptors (Lipinski definition) is 4. The second kappa shape index (κ2) is 7.54. The number of hydrogen-bond donors (Lipinski definition) is 1. The Bertz CT molecular complexity index is 958. The Hall–Kier alpha value is -2.92. The molecule has 3 rings (SSSR count). The van der Waals surface area contributed by atoms with Crippen LogP contribution in [0.4, 0.5) is 5.00 Å². The number of aryl methyl sites for hydroxylation is 2. The van der Waals surface area contributed by atoms with Crippen LogP contribution in [0, 0.1) is 13.8 Å². The van der Waals surface area contributed by atoms with Crippen molar-refractivity contribution < 1.29 is 14.3 Å². The number of carbonyl (C=O) groups is 2. The monoisotopic (exact) mass is 365 g/mol. The number of methoxy groups -OCH3 is 1. The Labute approximate surface area is 156 Å². The first-order chi connectivity index (χ1) is 12.5. The molecular weight excluding hydrogens is 346 g/mol. The second-order valence-corrected chi connectivity index (χ2v) is 6.91. The van der Waals surface area contributed by atoms with E-state index in [2.05, 4.69) is 5.32 Å². The first-order valence-electron chi connectivity index (χ1n) is 8.14. The molecule has 0 bridgehead atoms. The molecule has 0 spiro atoms. The molecule has 0 aliphatic heterocycles. The van der Waals surface area contributed by atoms with Gasteiger partial charge in [0.15, 0.2) is 0 Å². The standard InChI is InChI=1S/C21H19NO3S/c1-13-7-9-15(10-8-13)17-12-26-20(18(17)21(24)25-3)22-19(23)16-6-4-5-14(2)11-16/h4-12H,1-3H3,(H,22,23). The Morgan fingerprint density at radius 2 is 1.73 bits per heavy atom. The third-order valence-electron chi connectivity index (χ3n) is 4.05. The van der Waals surface area contributed by atoms with Gasteiger partial charge >= 0.3 is 5.97 Å². The lowest BCUT2D eigenvalue weighted by molar-refractivity contribution is 0.0603. The lowest BCUT2D eigenvalue weighted by Crippen LogP contribution is -2.14. The largest absolute Gasteiger partial charge is 0.465 e. The predicted octanol–water partition coefficient (Wildman–Crippen LogP) is 5.07. The summed E-state index contributed by atoms with van der Waals surface area (Å²) in [5, 5.41) is 5.20. The average Bonchev–Trinajstić information content (AvgIpc) is 3.05. The number of nitrogens with one attached hydrogen (secondary N) is 1. The molecule has 1 heterocycles. The molecule has 5 heteroatoms. The van der Waals surface area contributed by atoms with E-state index in [4.69, 9.17) is 4.74 Å². The second-order valence-electron chi connectivity index (χ2n) is 6.03. The maximum absolute atomic E-state index is 12.6. The summed E-state index contributed by atoms with van der Waals surface area (Å²) in [6.45, 7) is 3.93. The van der Waals surface area contributed by atoms with Gasteiger partial charge in [-0.15, -0.1) is 11.3 Å². The minimum atomic E-state index is -0.471. The number of thiophene rings is 1. The van der Waals surface area contributed by atoms with Gasteiger partial charge in [0.25, 0.3) is 5.91 Å². The van der Waals surface area contributed by atoms with Crippen LogP contribution in [-0.2, 0) is 4.74 Å². The normalized spacial score (nSPS) is 10.4. The van der Waals surface area contributed by atoms with Crippen LogP contribution in [0.15, 0.2) is 53.9 Å². The van der Waals surface area contributed by atoms with Gasteiger partial charge in [-0.3, -0.25) is 4.79 Å². The third kappa shape index (κ3) is 3.68. The number of amides is 1. The smallest absolute Gasteiger partial charge is 0.341 e. The minimum Gasteiger partial charge on any atom is -0.465 e. The molecule has 4 nitrogen and oxygen atoms in total. The van der Waals surface area contributed by atoms with Gasteiger partial charge in [-0.1, -0.05) is 47.5 Å². The van der Waals surface area contributed by atoms with Gasteiger partial charge in [0.2, 0.25) is 0 Å². The van der Waals surface area contributed by atoms with Crippen molar-refractivity contribution in [1.29, 1.82) is 0 Å². The molecule has 0 aliphatic carbocycles. The number of ether oxygens (including phenoxy) is 1. The first kappa shape index (κ1) is 17.9. The lowest BCUT2D eigenvalue weighted by atomic mass is 10.0. The third-order valence-corrected chi connectivity index (χ3v) is 4.95. The van der Waals surface area contributed by atoms with E-state index in [9.17, 15) is 9.59 Å². The van der Waals surface area contributed by atoms with Crippen molar-refractivity contribution in [3.8, 4) is 11.1 Å². The summed E-state index contributed by atoms with van der Waals surface area (Å²) < 4.78 is 4.94. The van der Waals surface area contributed by atoms with E-state index in [1.54, 1.807) is 6.07 Å². The summed E-state index contributed by atoms with van der Waals surface area (Å²) in [6.07, 6.45) is 0. The van der Waals surface area contributed by atoms with Gasteiger partial charge in [-0.25, -0.2) is 4.79 Å². The van der Waals surface area contributed by atoms with E-state index in [-0.39, 0.29) is 5.91 Å². The van der Waals surface area contributed by atoms with Crippen LogP contribution in [-0.4, -0.2) is 19.0 Å². The van der Waals surface area contributed by atoms with Gasteiger partial charge in [0.05, 0.1) is 7.11 Å². The summed E-state index contributed by atoms with van der Waals surface area (Å²) in [6, 6.07) is 15.2. The summed E-state index contributed by atoms with van der Waals surface area (Å²) in [5.41, 5.74) is 4.71. The van der Waals surface area contributed by atoms with Crippen molar-refractivity contribution in [1.82, 2.24) is 0 Å². The van der Waals surface area contributed by atoms with E-state index in [0.717, 1.165) is 22.3 Å². The van der Waals surface area contributed by atoms with Crippen LogP contribution in [0.25, 0.3) is 11.1 Å². The van der Waals surface area contributed by atoms with Crippen LogP contribution < -0.4 is 5.32 Å².